The van der Waals surface area contributed by atoms with Crippen LogP contribution >= 0.6 is 0 Å². The molecular formula is C16H15N3O2. The van der Waals surface area contributed by atoms with E-state index in [0.29, 0.717) is 24.0 Å². The summed E-state index contributed by atoms with van der Waals surface area (Å²) in [4.78, 5) is 4.42. The van der Waals surface area contributed by atoms with Gasteiger partial charge in [-0.2, -0.15) is 4.98 Å². The number of nitrogens with zero attached hydrogens (tertiary/aromatic N) is 2. The number of nitrogens with two attached hydrogens (primary N) is 1. The van der Waals surface area contributed by atoms with Gasteiger partial charge in [-0.15, -0.1) is 0 Å². The van der Waals surface area contributed by atoms with E-state index >= 15 is 0 Å². The lowest BCUT2D eigenvalue weighted by molar-refractivity contribution is 0.339. The summed E-state index contributed by atoms with van der Waals surface area (Å²) in [5, 5.41) is 4.01. The van der Waals surface area contributed by atoms with Gasteiger partial charge in [0.2, 0.25) is 5.82 Å². The summed E-state index contributed by atoms with van der Waals surface area (Å²) < 4.78 is 10.9. The SMILES string of the molecule is CCOc1ccccc1-c1nc(-c2cccc(N)c2)no1. The number of hydrogen-bond donors (Lipinski definition) is 1. The molecular weight excluding hydrogens is 266 g/mol. The fraction of sp³-hybridized carbons (Fsp3) is 0.125. The van der Waals surface area contributed by atoms with Gasteiger partial charge in [0, 0.05) is 11.3 Å². The van der Waals surface area contributed by atoms with Crippen molar-refractivity contribution in [2.75, 3.05) is 12.3 Å². The van der Waals surface area contributed by atoms with Crippen molar-refractivity contribution in [1.29, 1.82) is 0 Å². The van der Waals surface area contributed by atoms with E-state index in [4.69, 9.17) is 15.0 Å². The van der Waals surface area contributed by atoms with Crippen LogP contribution in [-0.2, 0) is 0 Å². The number of benzene rings is 2. The Kier molecular flexibility index (Phi) is 3.55. The molecule has 0 bridgehead atoms. The van der Waals surface area contributed by atoms with E-state index in [1.807, 2.05) is 55.5 Å². The van der Waals surface area contributed by atoms with Crippen LogP contribution in [0.2, 0.25) is 0 Å². The number of aromatic nitrogens is 2. The van der Waals surface area contributed by atoms with Crippen LogP contribution < -0.4 is 10.5 Å². The normalized spacial score (nSPS) is 10.5. The van der Waals surface area contributed by atoms with E-state index in [-0.39, 0.29) is 0 Å². The van der Waals surface area contributed by atoms with Crippen LogP contribution in [0.5, 0.6) is 5.75 Å². The smallest absolute Gasteiger partial charge is 0.262 e. The Morgan fingerprint density at radius 1 is 1.14 bits per heavy atom. The van der Waals surface area contributed by atoms with Crippen LogP contribution in [-0.4, -0.2) is 16.7 Å². The lowest BCUT2D eigenvalue weighted by Crippen LogP contribution is -1.93. The fourth-order valence-corrected chi connectivity index (χ4v) is 2.05. The summed E-state index contributed by atoms with van der Waals surface area (Å²) in [5.74, 6) is 1.66. The third-order valence-electron chi connectivity index (χ3n) is 2.99. The Hall–Kier alpha value is -2.82. The van der Waals surface area contributed by atoms with Gasteiger partial charge in [-0.25, -0.2) is 0 Å². The summed E-state index contributed by atoms with van der Waals surface area (Å²) in [6.45, 7) is 2.51. The summed E-state index contributed by atoms with van der Waals surface area (Å²) in [5.41, 5.74) is 8.03. The molecule has 0 spiro atoms. The summed E-state index contributed by atoms with van der Waals surface area (Å²) in [7, 11) is 0. The maximum Gasteiger partial charge on any atom is 0.262 e. The van der Waals surface area contributed by atoms with E-state index in [1.54, 1.807) is 0 Å². The first-order chi connectivity index (χ1) is 10.3. The molecule has 0 fully saturated rings. The zero-order chi connectivity index (χ0) is 14.7. The molecule has 2 N–H and O–H groups in total. The Morgan fingerprint density at radius 2 is 2.00 bits per heavy atom. The lowest BCUT2D eigenvalue weighted by atomic mass is 10.2. The highest BCUT2D eigenvalue weighted by Gasteiger charge is 2.14. The Labute approximate surface area is 122 Å². The van der Waals surface area contributed by atoms with Crippen LogP contribution in [0.15, 0.2) is 53.1 Å². The van der Waals surface area contributed by atoms with Crippen LogP contribution in [0.3, 0.4) is 0 Å². The van der Waals surface area contributed by atoms with Crippen molar-refractivity contribution in [3.05, 3.63) is 48.5 Å². The van der Waals surface area contributed by atoms with Gasteiger partial charge in [0.25, 0.3) is 5.89 Å². The van der Waals surface area contributed by atoms with Gasteiger partial charge in [-0.05, 0) is 31.2 Å². The predicted molar refractivity (Wildman–Crippen MR) is 80.8 cm³/mol. The van der Waals surface area contributed by atoms with Gasteiger partial charge in [-0.1, -0.05) is 29.4 Å². The van der Waals surface area contributed by atoms with Crippen molar-refractivity contribution in [3.8, 4) is 28.6 Å². The molecule has 5 heteroatoms. The Bertz CT molecular complexity index is 753. The van der Waals surface area contributed by atoms with Crippen LogP contribution in [0, 0.1) is 0 Å². The first-order valence-electron chi connectivity index (χ1n) is 6.69. The second-order valence-electron chi connectivity index (χ2n) is 4.48. The van der Waals surface area contributed by atoms with Crippen molar-refractivity contribution in [2.45, 2.75) is 6.92 Å². The van der Waals surface area contributed by atoms with Gasteiger partial charge in [-0.3, -0.25) is 0 Å². The van der Waals surface area contributed by atoms with Gasteiger partial charge in [0.1, 0.15) is 5.75 Å². The van der Waals surface area contributed by atoms with Crippen molar-refractivity contribution in [2.24, 2.45) is 0 Å². The average molecular weight is 281 g/mol. The third kappa shape index (κ3) is 2.72. The summed E-state index contributed by atoms with van der Waals surface area (Å²) in [6.07, 6.45) is 0. The first-order valence-corrected chi connectivity index (χ1v) is 6.69. The van der Waals surface area contributed by atoms with Gasteiger partial charge in [0.05, 0.1) is 12.2 Å². The average Bonchev–Trinajstić information content (AvgIpc) is 2.98. The molecule has 0 aliphatic carbocycles. The number of rotatable bonds is 4. The number of nitrogen functional groups attached to an aromatic ring is 1. The van der Waals surface area contributed by atoms with Crippen molar-refractivity contribution >= 4 is 5.69 Å². The molecule has 0 atom stereocenters. The number of ether oxygens (including phenoxy) is 1. The zero-order valence-corrected chi connectivity index (χ0v) is 11.6. The minimum absolute atomic E-state index is 0.427. The second kappa shape index (κ2) is 5.66. The van der Waals surface area contributed by atoms with E-state index in [2.05, 4.69) is 10.1 Å². The highest BCUT2D eigenvalue weighted by atomic mass is 16.5. The molecule has 3 rings (SSSR count). The third-order valence-corrected chi connectivity index (χ3v) is 2.99. The Balaban J connectivity index is 1.99. The summed E-state index contributed by atoms with van der Waals surface area (Å²) >= 11 is 0. The van der Waals surface area contributed by atoms with Crippen molar-refractivity contribution in [1.82, 2.24) is 10.1 Å². The molecule has 21 heavy (non-hydrogen) atoms. The van der Waals surface area contributed by atoms with Gasteiger partial charge < -0.3 is 15.0 Å². The maximum atomic E-state index is 5.77. The molecule has 3 aromatic rings. The monoisotopic (exact) mass is 281 g/mol. The lowest BCUT2D eigenvalue weighted by Gasteiger charge is -2.05. The van der Waals surface area contributed by atoms with E-state index in [1.165, 1.54) is 0 Å². The highest BCUT2D eigenvalue weighted by molar-refractivity contribution is 5.66. The van der Waals surface area contributed by atoms with Gasteiger partial charge in [0.15, 0.2) is 0 Å². The van der Waals surface area contributed by atoms with Crippen molar-refractivity contribution in [3.63, 3.8) is 0 Å². The van der Waals surface area contributed by atoms with Crippen molar-refractivity contribution < 1.29 is 9.26 Å². The molecule has 1 heterocycles. The van der Waals surface area contributed by atoms with E-state index in [0.717, 1.165) is 16.9 Å². The second-order valence-corrected chi connectivity index (χ2v) is 4.48. The molecule has 5 nitrogen and oxygen atoms in total. The molecule has 1 aromatic heterocycles. The number of anilines is 1. The number of para-hydroxylation sites is 1. The molecule has 0 amide bonds. The molecule has 0 aliphatic heterocycles. The van der Waals surface area contributed by atoms with E-state index in [9.17, 15) is 0 Å². The fourth-order valence-electron chi connectivity index (χ4n) is 2.05. The molecule has 0 aliphatic rings. The number of hydrogen-bond acceptors (Lipinski definition) is 5. The minimum atomic E-state index is 0.427. The maximum absolute atomic E-state index is 5.77. The topological polar surface area (TPSA) is 74.2 Å². The molecule has 0 radical (unpaired) electrons. The van der Waals surface area contributed by atoms with Crippen LogP contribution in [0.25, 0.3) is 22.8 Å². The zero-order valence-electron chi connectivity index (χ0n) is 11.6. The molecule has 0 unspecified atom stereocenters. The summed E-state index contributed by atoms with van der Waals surface area (Å²) in [6, 6.07) is 14.9. The molecule has 0 saturated heterocycles. The highest BCUT2D eigenvalue weighted by Crippen LogP contribution is 2.30. The Morgan fingerprint density at radius 3 is 2.81 bits per heavy atom. The molecule has 0 saturated carbocycles. The molecule has 106 valence electrons. The van der Waals surface area contributed by atoms with Crippen LogP contribution in [0.4, 0.5) is 5.69 Å². The van der Waals surface area contributed by atoms with Crippen LogP contribution in [0.1, 0.15) is 6.92 Å². The predicted octanol–water partition coefficient (Wildman–Crippen LogP) is 3.38. The molecule has 2 aromatic carbocycles. The largest absolute Gasteiger partial charge is 0.493 e. The standard InChI is InChI=1S/C16H15N3O2/c1-2-20-14-9-4-3-8-13(14)16-18-15(19-21-16)11-6-5-7-12(17)10-11/h3-10H,2,17H2,1H3. The van der Waals surface area contributed by atoms with E-state index < -0.39 is 0 Å². The first kappa shape index (κ1) is 13.2. The quantitative estimate of drug-likeness (QED) is 0.742. The van der Waals surface area contributed by atoms with Gasteiger partial charge >= 0.3 is 0 Å². The minimum Gasteiger partial charge on any atom is -0.493 e.